The number of alkyl halides is 3. The summed E-state index contributed by atoms with van der Waals surface area (Å²) in [4.78, 5) is 30.5. The normalized spacial score (nSPS) is 13.4. The van der Waals surface area contributed by atoms with Crippen LogP contribution in [-0.4, -0.2) is 59.0 Å². The molecule has 2 aromatic rings. The van der Waals surface area contributed by atoms with E-state index in [9.17, 15) is 22.8 Å². The molecule has 1 aliphatic heterocycles. The van der Waals surface area contributed by atoms with Crippen molar-refractivity contribution < 1.29 is 27.5 Å². The van der Waals surface area contributed by atoms with Gasteiger partial charge in [-0.25, -0.2) is 9.97 Å². The number of nitrogens with zero attached hydrogens (tertiary/aromatic N) is 3. The third-order valence-corrected chi connectivity index (χ3v) is 4.80. The van der Waals surface area contributed by atoms with Gasteiger partial charge < -0.3 is 9.64 Å². The fraction of sp³-hybridized carbons (Fsp3) is 0.333. The summed E-state index contributed by atoms with van der Waals surface area (Å²) in [5.41, 5.74) is -0.462. The summed E-state index contributed by atoms with van der Waals surface area (Å²) >= 11 is 9.42. The first-order valence-corrected chi connectivity index (χ1v) is 10.7. The molecule has 1 amide bonds. The number of rotatable bonds is 1. The molecule has 0 atom stereocenters. The number of halogens is 6. The van der Waals surface area contributed by atoms with Crippen LogP contribution in [-0.2, 0) is 9.53 Å². The molecule has 0 radical (unpaired) electrons. The molecule has 164 valence electrons. The number of Topliss-reactive ketones (excluding diaryl/α,β-unsaturated/α-hetero) is 1. The number of carbonyl (C=O) groups excluding carboxylic acids is 2. The van der Waals surface area contributed by atoms with Crippen LogP contribution in [0.25, 0.3) is 0 Å². The monoisotopic (exact) mass is 617 g/mol. The van der Waals surface area contributed by atoms with Gasteiger partial charge in [-0.2, -0.15) is 13.2 Å². The number of ketones is 1. The van der Waals surface area contributed by atoms with Gasteiger partial charge in [0, 0.05) is 42.4 Å². The highest BCUT2D eigenvalue weighted by atomic mass is 79.9. The zero-order chi connectivity index (χ0) is 22.7. The molecule has 30 heavy (non-hydrogen) atoms. The van der Waals surface area contributed by atoms with Crippen molar-refractivity contribution in [3.8, 4) is 0 Å². The van der Waals surface area contributed by atoms with Gasteiger partial charge in [-0.1, -0.05) is 0 Å². The first kappa shape index (κ1) is 26.7. The Labute approximate surface area is 196 Å². The molecule has 0 aliphatic carbocycles. The van der Waals surface area contributed by atoms with Crippen molar-refractivity contribution in [3.63, 3.8) is 0 Å². The fourth-order valence-electron chi connectivity index (χ4n) is 1.91. The number of carbonyl (C=O) groups is 2. The molecule has 0 saturated carbocycles. The molecule has 3 rings (SSSR count). The Morgan fingerprint density at radius 1 is 0.967 bits per heavy atom. The van der Waals surface area contributed by atoms with E-state index in [2.05, 4.69) is 57.8 Å². The Kier molecular flexibility index (Phi) is 11.7. The van der Waals surface area contributed by atoms with Crippen LogP contribution in [0.5, 0.6) is 0 Å². The third-order valence-electron chi connectivity index (χ3n) is 3.39. The quantitative estimate of drug-likeness (QED) is 0.330. The van der Waals surface area contributed by atoms with E-state index in [0.717, 1.165) is 34.4 Å². The third kappa shape index (κ3) is 10.6. The molecule has 1 saturated heterocycles. The fourth-order valence-corrected chi connectivity index (χ4v) is 2.61. The molecule has 0 spiro atoms. The highest BCUT2D eigenvalue weighted by Crippen LogP contribution is 2.21. The Morgan fingerprint density at radius 3 is 1.83 bits per heavy atom. The summed E-state index contributed by atoms with van der Waals surface area (Å²) in [6.45, 7) is 4.50. The van der Waals surface area contributed by atoms with Crippen molar-refractivity contribution in [2.24, 2.45) is 0 Å². The number of hydrogen-bond donors (Lipinski definition) is 0. The predicted molar refractivity (Wildman–Crippen MR) is 115 cm³/mol. The van der Waals surface area contributed by atoms with Gasteiger partial charge in [-0.3, -0.25) is 9.59 Å². The van der Waals surface area contributed by atoms with Crippen LogP contribution in [0.3, 0.4) is 0 Å². The minimum atomic E-state index is -4.84. The highest BCUT2D eigenvalue weighted by Gasteiger charge is 2.39. The van der Waals surface area contributed by atoms with Gasteiger partial charge in [0.25, 0.3) is 5.78 Å². The molecule has 12 heteroatoms. The molecule has 2 aromatic heterocycles. The lowest BCUT2D eigenvalue weighted by molar-refractivity contribution is -0.132. The van der Waals surface area contributed by atoms with Crippen molar-refractivity contribution in [3.05, 3.63) is 55.9 Å². The maximum absolute atomic E-state index is 11.8. The molecular weight excluding hydrogens is 603 g/mol. The van der Waals surface area contributed by atoms with Crippen LogP contribution in [0.15, 0.2) is 50.3 Å². The van der Waals surface area contributed by atoms with E-state index in [1.54, 1.807) is 18.0 Å². The largest absolute Gasteiger partial charge is 0.454 e. The molecular formula is C18H17Br3F3N3O3. The van der Waals surface area contributed by atoms with E-state index in [0.29, 0.717) is 17.8 Å². The van der Waals surface area contributed by atoms with Gasteiger partial charge >= 0.3 is 6.18 Å². The second-order valence-corrected chi connectivity index (χ2v) is 8.15. The zero-order valence-electron chi connectivity index (χ0n) is 15.6. The van der Waals surface area contributed by atoms with Crippen molar-refractivity contribution in [2.75, 3.05) is 26.3 Å². The number of aromatic nitrogens is 2. The summed E-state index contributed by atoms with van der Waals surface area (Å²) < 4.78 is 42.8. The first-order valence-electron chi connectivity index (χ1n) is 8.34. The summed E-state index contributed by atoms with van der Waals surface area (Å²) in [5.74, 6) is -1.73. The Morgan fingerprint density at radius 2 is 1.50 bits per heavy atom. The van der Waals surface area contributed by atoms with E-state index in [-0.39, 0.29) is 5.91 Å². The van der Waals surface area contributed by atoms with Crippen LogP contribution < -0.4 is 0 Å². The van der Waals surface area contributed by atoms with Gasteiger partial charge in [0.2, 0.25) is 5.91 Å². The van der Waals surface area contributed by atoms with Crippen molar-refractivity contribution in [2.45, 2.75) is 13.1 Å². The second-order valence-electron chi connectivity index (χ2n) is 5.61. The minimum Gasteiger partial charge on any atom is -0.378 e. The predicted octanol–water partition coefficient (Wildman–Crippen LogP) is 5.06. The molecule has 0 unspecified atom stereocenters. The van der Waals surface area contributed by atoms with Crippen LogP contribution >= 0.6 is 47.8 Å². The Balaban J connectivity index is 0.000000234. The average molecular weight is 620 g/mol. The number of morpholine rings is 1. The van der Waals surface area contributed by atoms with E-state index in [1.165, 1.54) is 6.07 Å². The van der Waals surface area contributed by atoms with E-state index >= 15 is 0 Å². The number of ether oxygens (including phenoxy) is 1. The summed E-state index contributed by atoms with van der Waals surface area (Å²) in [5, 5.41) is 0. The van der Waals surface area contributed by atoms with Gasteiger partial charge in [0.15, 0.2) is 0 Å². The molecule has 0 aromatic carbocycles. The number of hydrogen-bond acceptors (Lipinski definition) is 5. The van der Waals surface area contributed by atoms with Crippen LogP contribution in [0, 0.1) is 0 Å². The number of amides is 1. The van der Waals surface area contributed by atoms with Crippen LogP contribution in [0.2, 0.25) is 0 Å². The first-order chi connectivity index (χ1) is 14.0. The smallest absolute Gasteiger partial charge is 0.378 e. The van der Waals surface area contributed by atoms with E-state index in [4.69, 9.17) is 4.74 Å². The van der Waals surface area contributed by atoms with Gasteiger partial charge in [-0.05, 0) is 72.1 Å². The van der Waals surface area contributed by atoms with Crippen LogP contribution in [0.1, 0.15) is 17.3 Å². The van der Waals surface area contributed by atoms with Crippen LogP contribution in [0.4, 0.5) is 13.2 Å². The standard InChI is InChI=1S/C7H3BrF3NO.C6H11NO2.C5H3Br2N/c8-5-2-1-4(3-12-5)6(13)7(9,10)11;1-6(8)7-2-4-9-5-3-7;6-4-1-2-5(7)8-3-4/h1-3H;2-5H2,1H3;1-3H. The summed E-state index contributed by atoms with van der Waals surface area (Å²) in [6.07, 6.45) is -2.22. The molecule has 6 nitrogen and oxygen atoms in total. The maximum atomic E-state index is 11.8. The lowest BCUT2D eigenvalue weighted by atomic mass is 10.2. The Bertz CT molecular complexity index is 792. The molecule has 1 aliphatic rings. The molecule has 1 fully saturated rings. The van der Waals surface area contributed by atoms with Crippen molar-refractivity contribution in [1.82, 2.24) is 14.9 Å². The molecule has 0 bridgehead atoms. The number of pyridine rings is 2. The van der Waals surface area contributed by atoms with E-state index < -0.39 is 17.5 Å². The zero-order valence-corrected chi connectivity index (χ0v) is 20.4. The topological polar surface area (TPSA) is 72.4 Å². The Hall–Kier alpha value is -1.37. The van der Waals surface area contributed by atoms with Gasteiger partial charge in [0.1, 0.15) is 9.21 Å². The summed E-state index contributed by atoms with van der Waals surface area (Å²) in [7, 11) is 0. The lowest BCUT2D eigenvalue weighted by Gasteiger charge is -2.25. The highest BCUT2D eigenvalue weighted by molar-refractivity contribution is 9.11. The second kappa shape index (κ2) is 13.1. The van der Waals surface area contributed by atoms with Gasteiger partial charge in [-0.15, -0.1) is 0 Å². The maximum Gasteiger partial charge on any atom is 0.454 e. The van der Waals surface area contributed by atoms with E-state index in [1.807, 2.05) is 12.1 Å². The molecule has 3 heterocycles. The SMILES string of the molecule is Brc1ccc(Br)nc1.CC(=O)N1CCOCC1.O=C(c1ccc(Br)nc1)C(F)(F)F. The van der Waals surface area contributed by atoms with Gasteiger partial charge in [0.05, 0.1) is 13.2 Å². The summed E-state index contributed by atoms with van der Waals surface area (Å²) in [6, 6.07) is 6.15. The lowest BCUT2D eigenvalue weighted by Crippen LogP contribution is -2.39. The van der Waals surface area contributed by atoms with Crippen molar-refractivity contribution in [1.29, 1.82) is 0 Å². The van der Waals surface area contributed by atoms with Crippen molar-refractivity contribution >= 4 is 59.5 Å². The minimum absolute atomic E-state index is 0.151. The molecule has 0 N–H and O–H groups in total. The average Bonchev–Trinajstić information content (AvgIpc) is 2.71.